The lowest BCUT2D eigenvalue weighted by Crippen LogP contribution is -2.57. The van der Waals surface area contributed by atoms with E-state index in [1.165, 1.54) is 7.11 Å². The molecule has 2 aromatic carbocycles. The molecule has 166 valence electrons. The van der Waals surface area contributed by atoms with Crippen molar-refractivity contribution in [3.05, 3.63) is 46.1 Å². The molecule has 7 nitrogen and oxygen atoms in total. The van der Waals surface area contributed by atoms with E-state index in [0.29, 0.717) is 39.9 Å². The lowest BCUT2D eigenvalue weighted by molar-refractivity contribution is -0.124. The molecular formula is C23H27ClN2O5. The molecule has 1 aromatic heterocycles. The highest BCUT2D eigenvalue weighted by atomic mass is 35.5. The van der Waals surface area contributed by atoms with Gasteiger partial charge in [0.15, 0.2) is 0 Å². The number of halogens is 1. The van der Waals surface area contributed by atoms with Gasteiger partial charge in [0.1, 0.15) is 33.7 Å². The molecule has 0 bridgehead atoms. The second-order valence-electron chi connectivity index (χ2n) is 8.45. The van der Waals surface area contributed by atoms with Gasteiger partial charge < -0.3 is 24.1 Å². The van der Waals surface area contributed by atoms with Crippen LogP contribution in [-0.2, 0) is 11.2 Å². The zero-order valence-corrected chi connectivity index (χ0v) is 19.1. The summed E-state index contributed by atoms with van der Waals surface area (Å²) in [5, 5.41) is 3.95. The quantitative estimate of drug-likeness (QED) is 0.620. The van der Waals surface area contributed by atoms with Gasteiger partial charge in [0, 0.05) is 18.1 Å². The number of carbonyl (C=O) groups excluding carboxylic acids is 1. The number of ether oxygens (including phenoxy) is 2. The maximum Gasteiger partial charge on any atom is 0.234 e. The molecule has 1 N–H and O–H groups in total. The van der Waals surface area contributed by atoms with Crippen LogP contribution in [-0.4, -0.2) is 50.2 Å². The summed E-state index contributed by atoms with van der Waals surface area (Å²) in [7, 11) is 5.21. The molecule has 1 aliphatic rings. The number of carbonyl (C=O) groups is 1. The van der Waals surface area contributed by atoms with Gasteiger partial charge in [-0.1, -0.05) is 12.1 Å². The Kier molecular flexibility index (Phi) is 6.21. The second-order valence-corrected chi connectivity index (χ2v) is 8.45. The molecule has 0 spiro atoms. The molecule has 1 amide bonds. The van der Waals surface area contributed by atoms with Crippen molar-refractivity contribution in [2.24, 2.45) is 0 Å². The zero-order chi connectivity index (χ0) is 21.6. The number of nitrogens with zero attached hydrogens (tertiary/aromatic N) is 1. The fourth-order valence-electron chi connectivity index (χ4n) is 3.97. The molecular weight excluding hydrogens is 420 g/mol. The molecule has 2 heterocycles. The van der Waals surface area contributed by atoms with Crippen molar-refractivity contribution in [3.8, 4) is 11.5 Å². The molecule has 0 aliphatic carbocycles. The van der Waals surface area contributed by atoms with E-state index in [0.717, 1.165) is 5.56 Å². The van der Waals surface area contributed by atoms with Crippen LogP contribution in [0.1, 0.15) is 19.4 Å². The van der Waals surface area contributed by atoms with E-state index in [1.54, 1.807) is 24.3 Å². The first-order valence-corrected chi connectivity index (χ1v) is 9.90. The Hall–Kier alpha value is -2.77. The monoisotopic (exact) mass is 446 g/mol. The van der Waals surface area contributed by atoms with Crippen molar-refractivity contribution in [2.75, 3.05) is 27.7 Å². The van der Waals surface area contributed by atoms with Crippen LogP contribution in [0.2, 0.25) is 0 Å². The van der Waals surface area contributed by atoms with Crippen molar-refractivity contribution < 1.29 is 18.7 Å². The molecule has 0 radical (unpaired) electrons. The maximum absolute atomic E-state index is 13.2. The van der Waals surface area contributed by atoms with Crippen LogP contribution >= 0.6 is 12.4 Å². The summed E-state index contributed by atoms with van der Waals surface area (Å²) in [6.07, 6.45) is 0.475. The molecule has 1 unspecified atom stereocenters. The average Bonchev–Trinajstić information content (AvgIpc) is 2.67. The third-order valence-electron chi connectivity index (χ3n) is 5.51. The van der Waals surface area contributed by atoms with Crippen molar-refractivity contribution in [1.29, 1.82) is 0 Å². The summed E-state index contributed by atoms with van der Waals surface area (Å²) in [5.41, 5.74) is 0.900. The lowest BCUT2D eigenvalue weighted by atomic mass is 9.87. The van der Waals surface area contributed by atoms with Gasteiger partial charge in [-0.25, -0.2) is 0 Å². The minimum atomic E-state index is -0.648. The van der Waals surface area contributed by atoms with Gasteiger partial charge in [0.25, 0.3) is 0 Å². The first-order valence-electron chi connectivity index (χ1n) is 9.90. The Morgan fingerprint density at radius 2 is 2.00 bits per heavy atom. The topological polar surface area (TPSA) is 81.0 Å². The standard InChI is InChI=1S/C23H26N2O5.ClH/c1-23(2)18(24-19(26)12-25(3)4)10-14-16(30-23)11-17(28-5)20-21(27)13-8-6-7-9-15(13)29-22(14)20;/h6-9,11,18H,10,12H2,1-5H3,(H,24,26);1H. The summed E-state index contributed by atoms with van der Waals surface area (Å²) >= 11 is 0. The highest BCUT2D eigenvalue weighted by molar-refractivity contribution is 5.96. The Bertz CT molecular complexity index is 1200. The number of likely N-dealkylation sites (N-methyl/N-ethyl adjacent to an activating group) is 1. The summed E-state index contributed by atoms with van der Waals surface area (Å²) in [6, 6.07) is 8.59. The van der Waals surface area contributed by atoms with Crippen LogP contribution in [0.5, 0.6) is 11.5 Å². The predicted molar refractivity (Wildman–Crippen MR) is 123 cm³/mol. The first kappa shape index (κ1) is 22.9. The van der Waals surface area contributed by atoms with E-state index in [-0.39, 0.29) is 36.3 Å². The summed E-state index contributed by atoms with van der Waals surface area (Å²) < 4.78 is 18.0. The van der Waals surface area contributed by atoms with Gasteiger partial charge >= 0.3 is 0 Å². The van der Waals surface area contributed by atoms with Gasteiger partial charge in [-0.05, 0) is 40.1 Å². The number of nitrogens with one attached hydrogen (secondary N) is 1. The molecule has 8 heteroatoms. The normalized spacial score (nSPS) is 17.0. The fraction of sp³-hybridized carbons (Fsp3) is 0.391. The van der Waals surface area contributed by atoms with Gasteiger partial charge in [0.05, 0.1) is 25.1 Å². The number of hydrogen-bond acceptors (Lipinski definition) is 6. The van der Waals surface area contributed by atoms with Crippen molar-refractivity contribution in [1.82, 2.24) is 10.2 Å². The van der Waals surface area contributed by atoms with Crippen molar-refractivity contribution in [3.63, 3.8) is 0 Å². The number of amides is 1. The van der Waals surface area contributed by atoms with Crippen LogP contribution in [0.15, 0.2) is 39.5 Å². The van der Waals surface area contributed by atoms with E-state index in [4.69, 9.17) is 13.9 Å². The Balaban J connectivity index is 0.00000272. The molecule has 3 aromatic rings. The molecule has 1 atom stereocenters. The third-order valence-corrected chi connectivity index (χ3v) is 5.51. The van der Waals surface area contributed by atoms with Gasteiger partial charge in [-0.2, -0.15) is 0 Å². The number of hydrogen-bond donors (Lipinski definition) is 1. The number of benzene rings is 2. The van der Waals surface area contributed by atoms with Crippen molar-refractivity contribution >= 4 is 40.3 Å². The van der Waals surface area contributed by atoms with Crippen LogP contribution in [0, 0.1) is 0 Å². The van der Waals surface area contributed by atoms with E-state index in [9.17, 15) is 9.59 Å². The third kappa shape index (κ3) is 4.07. The summed E-state index contributed by atoms with van der Waals surface area (Å²) in [6.45, 7) is 4.15. The predicted octanol–water partition coefficient (Wildman–Crippen LogP) is 3.14. The Morgan fingerprint density at radius 1 is 1.29 bits per heavy atom. The average molecular weight is 447 g/mol. The van der Waals surface area contributed by atoms with Gasteiger partial charge in [0.2, 0.25) is 11.3 Å². The molecule has 0 saturated heterocycles. The molecule has 4 rings (SSSR count). The molecule has 0 saturated carbocycles. The van der Waals surface area contributed by atoms with E-state index in [2.05, 4.69) is 5.32 Å². The minimum Gasteiger partial charge on any atom is -0.496 e. The second kappa shape index (κ2) is 8.40. The van der Waals surface area contributed by atoms with Crippen LogP contribution in [0.25, 0.3) is 21.9 Å². The molecule has 31 heavy (non-hydrogen) atoms. The van der Waals surface area contributed by atoms with Crippen LogP contribution in [0.4, 0.5) is 0 Å². The van der Waals surface area contributed by atoms with Gasteiger partial charge in [-0.3, -0.25) is 9.59 Å². The number of fused-ring (bicyclic) bond motifs is 4. The highest BCUT2D eigenvalue weighted by Gasteiger charge is 2.40. The number of para-hydroxylation sites is 1. The van der Waals surface area contributed by atoms with E-state index >= 15 is 0 Å². The van der Waals surface area contributed by atoms with E-state index < -0.39 is 5.60 Å². The zero-order valence-electron chi connectivity index (χ0n) is 18.3. The number of methoxy groups -OCH3 is 1. The van der Waals surface area contributed by atoms with E-state index in [1.807, 2.05) is 38.9 Å². The lowest BCUT2D eigenvalue weighted by Gasteiger charge is -2.40. The SMILES string of the molecule is COc1cc2c(c3oc4ccccc4c(=O)c13)CC(NC(=O)CN(C)C)C(C)(C)O2.Cl. The number of rotatable bonds is 4. The fourth-order valence-corrected chi connectivity index (χ4v) is 3.97. The van der Waals surface area contributed by atoms with Crippen LogP contribution < -0.4 is 20.2 Å². The molecule has 0 fully saturated rings. The van der Waals surface area contributed by atoms with Crippen molar-refractivity contribution in [2.45, 2.75) is 31.9 Å². The Morgan fingerprint density at radius 3 is 2.68 bits per heavy atom. The largest absolute Gasteiger partial charge is 0.496 e. The highest BCUT2D eigenvalue weighted by Crippen LogP contribution is 2.42. The van der Waals surface area contributed by atoms with Crippen LogP contribution in [0.3, 0.4) is 0 Å². The smallest absolute Gasteiger partial charge is 0.234 e. The molecule has 1 aliphatic heterocycles. The summed E-state index contributed by atoms with van der Waals surface area (Å²) in [5.74, 6) is 0.921. The maximum atomic E-state index is 13.2. The Labute approximate surface area is 186 Å². The van der Waals surface area contributed by atoms with Gasteiger partial charge in [-0.15, -0.1) is 12.4 Å². The first-order chi connectivity index (χ1) is 14.2. The summed E-state index contributed by atoms with van der Waals surface area (Å²) in [4.78, 5) is 27.4. The minimum absolute atomic E-state index is 0.